The number of aryl methyl sites for hydroxylation is 1. The average Bonchev–Trinajstić information content (AvgIpc) is 3.26. The Morgan fingerprint density at radius 3 is 2.47 bits per heavy atom. The Hall–Kier alpha value is -3.29. The highest BCUT2D eigenvalue weighted by molar-refractivity contribution is 5.73. The quantitative estimate of drug-likeness (QED) is 0.395. The van der Waals surface area contributed by atoms with Crippen LogP contribution in [0.1, 0.15) is 6.42 Å². The lowest BCUT2D eigenvalue weighted by Gasteiger charge is -2.17. The number of benzene rings is 1. The van der Waals surface area contributed by atoms with E-state index in [-0.39, 0.29) is 25.3 Å². The minimum Gasteiger partial charge on any atom is -0.492 e. The number of hydrogen-bond donors (Lipinski definition) is 1. The third-order valence-corrected chi connectivity index (χ3v) is 4.43. The summed E-state index contributed by atoms with van der Waals surface area (Å²) in [6.07, 6.45) is -3.63. The van der Waals surface area contributed by atoms with Crippen LogP contribution in [0.15, 0.2) is 30.5 Å². The summed E-state index contributed by atoms with van der Waals surface area (Å²) in [6, 6.07) is 6.04. The zero-order chi connectivity index (χ0) is 24.1. The Kier molecular flexibility index (Phi) is 7.72. The number of nitrogens with zero attached hydrogens (tertiary/aromatic N) is 4. The SMILES string of the molecule is Cn1nccc1-c1cc([N+](=O)[O-])ccc1OCCN1CCC(F)(F)C1.O=C(O)C(F)(F)F. The molecule has 14 heteroatoms. The predicted octanol–water partition coefficient (Wildman–Crippen LogP) is 3.35. The number of carbonyl (C=O) groups is 1. The molecule has 1 saturated heterocycles. The van der Waals surface area contributed by atoms with E-state index in [1.807, 2.05) is 0 Å². The van der Waals surface area contributed by atoms with Crippen LogP contribution in [0.3, 0.4) is 0 Å². The summed E-state index contributed by atoms with van der Waals surface area (Å²) in [4.78, 5) is 21.1. The van der Waals surface area contributed by atoms with Gasteiger partial charge in [0.05, 0.1) is 17.2 Å². The standard InChI is InChI=1S/C16H18F2N4O3.C2HF3O2/c1-20-14(4-6-19-20)13-10-12(22(23)24)2-3-15(13)25-9-8-21-7-5-16(17,18)11-21;3-2(4,5)1(6)7/h2-4,6,10H,5,7-9,11H2,1H3;(H,6,7). The minimum atomic E-state index is -5.08. The molecule has 176 valence electrons. The molecule has 0 saturated carbocycles. The number of ether oxygens (including phenoxy) is 1. The van der Waals surface area contributed by atoms with Gasteiger partial charge in [-0.2, -0.15) is 18.3 Å². The molecular formula is C18H19F5N4O5. The molecule has 0 aliphatic carbocycles. The molecule has 0 unspecified atom stereocenters. The lowest BCUT2D eigenvalue weighted by Crippen LogP contribution is -2.29. The number of likely N-dealkylation sites (tertiary alicyclic amines) is 1. The van der Waals surface area contributed by atoms with Gasteiger partial charge in [0, 0.05) is 50.5 Å². The molecular weight excluding hydrogens is 447 g/mol. The maximum atomic E-state index is 13.2. The van der Waals surface area contributed by atoms with Crippen molar-refractivity contribution < 1.29 is 41.5 Å². The summed E-state index contributed by atoms with van der Waals surface area (Å²) in [5.74, 6) is -4.93. The number of hydrogen-bond acceptors (Lipinski definition) is 6. The van der Waals surface area contributed by atoms with Gasteiger partial charge in [-0.05, 0) is 12.1 Å². The molecule has 1 aliphatic rings. The van der Waals surface area contributed by atoms with Crippen molar-refractivity contribution in [1.29, 1.82) is 0 Å². The first-order chi connectivity index (χ1) is 14.8. The molecule has 1 N–H and O–H groups in total. The number of rotatable bonds is 6. The van der Waals surface area contributed by atoms with Gasteiger partial charge in [-0.25, -0.2) is 13.6 Å². The van der Waals surface area contributed by atoms with Crippen LogP contribution in [0.4, 0.5) is 27.6 Å². The molecule has 0 atom stereocenters. The van der Waals surface area contributed by atoms with Crippen molar-refractivity contribution in [2.75, 3.05) is 26.2 Å². The lowest BCUT2D eigenvalue weighted by atomic mass is 10.1. The van der Waals surface area contributed by atoms with Crippen LogP contribution in [0.5, 0.6) is 5.75 Å². The van der Waals surface area contributed by atoms with Crippen molar-refractivity contribution in [1.82, 2.24) is 14.7 Å². The molecule has 0 amide bonds. The van der Waals surface area contributed by atoms with Crippen molar-refractivity contribution in [2.45, 2.75) is 18.5 Å². The van der Waals surface area contributed by atoms with Crippen LogP contribution in [-0.4, -0.2) is 69.0 Å². The Morgan fingerprint density at radius 2 is 2.00 bits per heavy atom. The first-order valence-corrected chi connectivity index (χ1v) is 9.10. The van der Waals surface area contributed by atoms with Crippen LogP contribution >= 0.6 is 0 Å². The second-order valence-electron chi connectivity index (χ2n) is 6.81. The van der Waals surface area contributed by atoms with Crippen molar-refractivity contribution >= 4 is 11.7 Å². The molecule has 1 aromatic heterocycles. The molecule has 2 heterocycles. The van der Waals surface area contributed by atoms with E-state index in [2.05, 4.69) is 5.10 Å². The summed E-state index contributed by atoms with van der Waals surface area (Å²) in [5, 5.41) is 22.2. The minimum absolute atomic E-state index is 0.0530. The van der Waals surface area contributed by atoms with E-state index in [9.17, 15) is 32.1 Å². The van der Waals surface area contributed by atoms with Crippen LogP contribution < -0.4 is 4.74 Å². The van der Waals surface area contributed by atoms with E-state index in [1.54, 1.807) is 28.9 Å². The molecule has 9 nitrogen and oxygen atoms in total. The Labute approximate surface area is 178 Å². The number of carboxylic acid groups (broad SMARTS) is 1. The summed E-state index contributed by atoms with van der Waals surface area (Å²) in [5.41, 5.74) is 1.16. The molecule has 2 aromatic rings. The third kappa shape index (κ3) is 6.87. The van der Waals surface area contributed by atoms with Gasteiger partial charge in [0.25, 0.3) is 11.6 Å². The maximum absolute atomic E-state index is 13.2. The van der Waals surface area contributed by atoms with Crippen LogP contribution in [0, 0.1) is 10.1 Å². The van der Waals surface area contributed by atoms with Crippen molar-refractivity contribution in [3.63, 3.8) is 0 Å². The van der Waals surface area contributed by atoms with Crippen molar-refractivity contribution in [3.05, 3.63) is 40.6 Å². The van der Waals surface area contributed by atoms with Crippen LogP contribution in [0.25, 0.3) is 11.3 Å². The van der Waals surface area contributed by atoms with Gasteiger partial charge in [0.15, 0.2) is 0 Å². The fourth-order valence-corrected chi connectivity index (χ4v) is 2.88. The molecule has 0 spiro atoms. The van der Waals surface area contributed by atoms with Crippen molar-refractivity contribution in [2.24, 2.45) is 7.05 Å². The molecule has 1 aliphatic heterocycles. The second kappa shape index (κ2) is 9.89. The van der Waals surface area contributed by atoms with Gasteiger partial charge in [-0.1, -0.05) is 0 Å². The van der Waals surface area contributed by atoms with Crippen LogP contribution in [-0.2, 0) is 11.8 Å². The molecule has 0 bridgehead atoms. The normalized spacial score (nSPS) is 15.7. The molecule has 0 radical (unpaired) electrons. The number of halogens is 5. The van der Waals surface area contributed by atoms with Crippen molar-refractivity contribution in [3.8, 4) is 17.0 Å². The topological polar surface area (TPSA) is 111 Å². The average molecular weight is 466 g/mol. The van der Waals surface area contributed by atoms with E-state index >= 15 is 0 Å². The zero-order valence-electron chi connectivity index (χ0n) is 16.7. The number of nitro benzene ring substituents is 1. The highest BCUT2D eigenvalue weighted by Gasteiger charge is 2.38. The van der Waals surface area contributed by atoms with Gasteiger partial charge >= 0.3 is 12.1 Å². The lowest BCUT2D eigenvalue weighted by molar-refractivity contribution is -0.384. The summed E-state index contributed by atoms with van der Waals surface area (Å²) in [7, 11) is 1.73. The number of aromatic nitrogens is 2. The Balaban J connectivity index is 0.000000451. The molecule has 1 aromatic carbocycles. The molecule has 32 heavy (non-hydrogen) atoms. The predicted molar refractivity (Wildman–Crippen MR) is 100 cm³/mol. The fourth-order valence-electron chi connectivity index (χ4n) is 2.88. The fraction of sp³-hybridized carbons (Fsp3) is 0.444. The van der Waals surface area contributed by atoms with Gasteiger partial charge in [0.1, 0.15) is 12.4 Å². The maximum Gasteiger partial charge on any atom is 0.490 e. The zero-order valence-corrected chi connectivity index (χ0v) is 16.7. The van der Waals surface area contributed by atoms with Gasteiger partial charge < -0.3 is 9.84 Å². The number of alkyl halides is 5. The second-order valence-corrected chi connectivity index (χ2v) is 6.81. The monoisotopic (exact) mass is 466 g/mol. The molecule has 3 rings (SSSR count). The van der Waals surface area contributed by atoms with Gasteiger partial charge in [-0.3, -0.25) is 19.7 Å². The Bertz CT molecular complexity index is 963. The van der Waals surface area contributed by atoms with E-state index in [4.69, 9.17) is 14.6 Å². The Morgan fingerprint density at radius 1 is 1.34 bits per heavy atom. The number of carboxylic acids is 1. The number of non-ortho nitro benzene ring substituents is 1. The highest BCUT2D eigenvalue weighted by atomic mass is 19.4. The smallest absolute Gasteiger partial charge is 0.490 e. The third-order valence-electron chi connectivity index (χ3n) is 4.43. The first-order valence-electron chi connectivity index (χ1n) is 9.10. The largest absolute Gasteiger partial charge is 0.492 e. The number of nitro groups is 1. The molecule has 1 fully saturated rings. The number of aliphatic carboxylic acids is 1. The van der Waals surface area contributed by atoms with Gasteiger partial charge in [-0.15, -0.1) is 0 Å². The highest BCUT2D eigenvalue weighted by Crippen LogP contribution is 2.33. The van der Waals surface area contributed by atoms with Crippen LogP contribution in [0.2, 0.25) is 0 Å². The van der Waals surface area contributed by atoms with E-state index in [1.165, 1.54) is 18.2 Å². The van der Waals surface area contributed by atoms with Gasteiger partial charge in [0.2, 0.25) is 0 Å². The summed E-state index contributed by atoms with van der Waals surface area (Å²) < 4.78 is 65.5. The summed E-state index contributed by atoms with van der Waals surface area (Å²) in [6.45, 7) is 0.673. The van der Waals surface area contributed by atoms with E-state index < -0.39 is 23.0 Å². The first kappa shape index (κ1) is 25.0. The summed E-state index contributed by atoms with van der Waals surface area (Å²) >= 11 is 0. The van der Waals surface area contributed by atoms with E-state index in [0.29, 0.717) is 30.1 Å². The van der Waals surface area contributed by atoms with E-state index in [0.717, 1.165) is 0 Å².